The van der Waals surface area contributed by atoms with Crippen molar-refractivity contribution in [1.82, 2.24) is 0 Å². The van der Waals surface area contributed by atoms with E-state index in [2.05, 4.69) is 5.32 Å². The molecule has 1 aromatic rings. The highest BCUT2D eigenvalue weighted by molar-refractivity contribution is 6.23. The summed E-state index contributed by atoms with van der Waals surface area (Å²) >= 11 is 0. The van der Waals surface area contributed by atoms with Crippen LogP contribution in [0, 0.1) is 5.41 Å². The predicted octanol–water partition coefficient (Wildman–Crippen LogP) is 2.50. The van der Waals surface area contributed by atoms with Crippen LogP contribution in [0.5, 0.6) is 0 Å². The van der Waals surface area contributed by atoms with Gasteiger partial charge in [0.1, 0.15) is 5.76 Å². The number of carbonyl (C=O) groups excluding carboxylic acids is 1. The summed E-state index contributed by atoms with van der Waals surface area (Å²) in [4.78, 5) is 11.7. The summed E-state index contributed by atoms with van der Waals surface area (Å²) in [5.74, 6) is -0.625. The van der Waals surface area contributed by atoms with E-state index in [1.54, 1.807) is 24.3 Å². The van der Waals surface area contributed by atoms with Gasteiger partial charge in [0.2, 0.25) is 0 Å². The molecule has 0 saturated heterocycles. The Morgan fingerprint density at radius 2 is 1.81 bits per heavy atom. The zero-order chi connectivity index (χ0) is 12.1. The first kappa shape index (κ1) is 12.0. The van der Waals surface area contributed by atoms with Crippen molar-refractivity contribution >= 4 is 17.3 Å². The number of anilines is 1. The SMILES string of the molecule is CC(=N)/C(C(=O)Nc1ccccc1)=C(/C)O. The summed E-state index contributed by atoms with van der Waals surface area (Å²) in [5, 5.41) is 19.3. The summed E-state index contributed by atoms with van der Waals surface area (Å²) < 4.78 is 0. The molecule has 0 saturated carbocycles. The third kappa shape index (κ3) is 2.95. The molecule has 4 nitrogen and oxygen atoms in total. The minimum Gasteiger partial charge on any atom is -0.512 e. The van der Waals surface area contributed by atoms with Gasteiger partial charge in [0.15, 0.2) is 0 Å². The molecule has 0 unspecified atom stereocenters. The van der Waals surface area contributed by atoms with Crippen molar-refractivity contribution in [3.8, 4) is 0 Å². The first-order chi connectivity index (χ1) is 7.52. The predicted molar refractivity (Wildman–Crippen MR) is 63.8 cm³/mol. The molecule has 0 fully saturated rings. The summed E-state index contributed by atoms with van der Waals surface area (Å²) in [6, 6.07) is 8.90. The van der Waals surface area contributed by atoms with Crippen LogP contribution in [0.1, 0.15) is 13.8 Å². The van der Waals surface area contributed by atoms with E-state index in [4.69, 9.17) is 5.41 Å². The van der Waals surface area contributed by atoms with E-state index in [0.717, 1.165) is 0 Å². The van der Waals surface area contributed by atoms with Gasteiger partial charge in [0, 0.05) is 11.4 Å². The Morgan fingerprint density at radius 1 is 1.25 bits per heavy atom. The number of nitrogens with one attached hydrogen (secondary N) is 2. The summed E-state index contributed by atoms with van der Waals surface area (Å²) in [6.07, 6.45) is 0. The van der Waals surface area contributed by atoms with Crippen LogP contribution in [0.15, 0.2) is 41.7 Å². The lowest BCUT2D eigenvalue weighted by molar-refractivity contribution is -0.112. The molecule has 0 aliphatic heterocycles. The zero-order valence-corrected chi connectivity index (χ0v) is 9.24. The zero-order valence-electron chi connectivity index (χ0n) is 9.24. The van der Waals surface area contributed by atoms with Crippen LogP contribution < -0.4 is 5.32 Å². The Balaban J connectivity index is 2.88. The molecule has 1 aromatic carbocycles. The number of carbonyl (C=O) groups is 1. The lowest BCUT2D eigenvalue weighted by Crippen LogP contribution is -2.20. The minimum atomic E-state index is -0.473. The molecule has 0 radical (unpaired) electrons. The Morgan fingerprint density at radius 3 is 2.25 bits per heavy atom. The van der Waals surface area contributed by atoms with E-state index in [0.29, 0.717) is 5.69 Å². The van der Waals surface area contributed by atoms with Gasteiger partial charge in [-0.05, 0) is 26.0 Å². The summed E-state index contributed by atoms with van der Waals surface area (Å²) in [7, 11) is 0. The van der Waals surface area contributed by atoms with E-state index in [1.165, 1.54) is 13.8 Å². The molecular weight excluding hydrogens is 204 g/mol. The van der Waals surface area contributed by atoms with Gasteiger partial charge in [-0.15, -0.1) is 0 Å². The Labute approximate surface area is 94.1 Å². The van der Waals surface area contributed by atoms with Crippen molar-refractivity contribution in [3.63, 3.8) is 0 Å². The smallest absolute Gasteiger partial charge is 0.260 e. The van der Waals surface area contributed by atoms with Gasteiger partial charge in [-0.3, -0.25) is 4.79 Å². The molecule has 1 amide bonds. The monoisotopic (exact) mass is 218 g/mol. The molecule has 16 heavy (non-hydrogen) atoms. The van der Waals surface area contributed by atoms with Crippen molar-refractivity contribution < 1.29 is 9.90 Å². The summed E-state index contributed by atoms with van der Waals surface area (Å²) in [6.45, 7) is 2.84. The van der Waals surface area contributed by atoms with Crippen LogP contribution in [0.2, 0.25) is 0 Å². The molecule has 3 N–H and O–H groups in total. The maximum absolute atomic E-state index is 11.7. The van der Waals surface area contributed by atoms with Gasteiger partial charge < -0.3 is 15.8 Å². The van der Waals surface area contributed by atoms with Gasteiger partial charge in [-0.1, -0.05) is 18.2 Å². The van der Waals surface area contributed by atoms with E-state index < -0.39 is 5.91 Å². The topological polar surface area (TPSA) is 73.2 Å². The normalized spacial score (nSPS) is 11.6. The number of benzene rings is 1. The first-order valence-corrected chi connectivity index (χ1v) is 4.84. The Bertz CT molecular complexity index is 432. The second-order valence-corrected chi connectivity index (χ2v) is 3.41. The molecule has 0 aliphatic carbocycles. The fraction of sp³-hybridized carbons (Fsp3) is 0.167. The lowest BCUT2D eigenvalue weighted by Gasteiger charge is -2.08. The second-order valence-electron chi connectivity index (χ2n) is 3.41. The van der Waals surface area contributed by atoms with Crippen molar-refractivity contribution in [1.29, 1.82) is 5.41 Å². The fourth-order valence-corrected chi connectivity index (χ4v) is 1.32. The molecule has 4 heteroatoms. The van der Waals surface area contributed by atoms with Crippen LogP contribution >= 0.6 is 0 Å². The van der Waals surface area contributed by atoms with Gasteiger partial charge >= 0.3 is 0 Å². The fourth-order valence-electron chi connectivity index (χ4n) is 1.32. The Kier molecular flexibility index (Phi) is 3.83. The van der Waals surface area contributed by atoms with E-state index in [1.807, 2.05) is 6.07 Å². The third-order valence-electron chi connectivity index (χ3n) is 2.00. The molecule has 0 bridgehead atoms. The van der Waals surface area contributed by atoms with Gasteiger partial charge in [0.25, 0.3) is 5.91 Å². The van der Waals surface area contributed by atoms with Crippen LogP contribution in [-0.4, -0.2) is 16.7 Å². The molecule has 84 valence electrons. The highest BCUT2D eigenvalue weighted by atomic mass is 16.3. The average Bonchev–Trinajstić information content (AvgIpc) is 2.17. The standard InChI is InChI=1S/C12H14N2O2/c1-8(13)11(9(2)15)12(16)14-10-6-4-3-5-7-10/h3-7,13,15H,1-2H3,(H,14,16)/b11-9+,13-8?. The lowest BCUT2D eigenvalue weighted by atomic mass is 10.1. The quantitative estimate of drug-likeness (QED) is 0.414. The van der Waals surface area contributed by atoms with Crippen molar-refractivity contribution in [2.45, 2.75) is 13.8 Å². The number of hydrogen-bond donors (Lipinski definition) is 3. The first-order valence-electron chi connectivity index (χ1n) is 4.84. The number of aliphatic hydroxyl groups is 1. The molecule has 0 atom stereocenters. The van der Waals surface area contributed by atoms with Crippen molar-refractivity contribution in [2.75, 3.05) is 5.32 Å². The maximum Gasteiger partial charge on any atom is 0.260 e. The molecule has 0 heterocycles. The number of para-hydroxylation sites is 1. The molecular formula is C12H14N2O2. The molecule has 1 rings (SSSR count). The Hall–Kier alpha value is -2.10. The number of amides is 1. The highest BCUT2D eigenvalue weighted by Crippen LogP contribution is 2.10. The molecule has 0 aromatic heterocycles. The minimum absolute atomic E-state index is 0.00357. The van der Waals surface area contributed by atoms with Crippen LogP contribution in [0.4, 0.5) is 5.69 Å². The van der Waals surface area contributed by atoms with E-state index >= 15 is 0 Å². The third-order valence-corrected chi connectivity index (χ3v) is 2.00. The van der Waals surface area contributed by atoms with Crippen LogP contribution in [0.25, 0.3) is 0 Å². The van der Waals surface area contributed by atoms with Gasteiger partial charge in [-0.2, -0.15) is 0 Å². The van der Waals surface area contributed by atoms with Crippen LogP contribution in [-0.2, 0) is 4.79 Å². The van der Waals surface area contributed by atoms with Crippen LogP contribution in [0.3, 0.4) is 0 Å². The average molecular weight is 218 g/mol. The number of hydrogen-bond acceptors (Lipinski definition) is 3. The largest absolute Gasteiger partial charge is 0.512 e. The molecule has 0 spiro atoms. The van der Waals surface area contributed by atoms with Crippen molar-refractivity contribution in [2.24, 2.45) is 0 Å². The maximum atomic E-state index is 11.7. The number of rotatable bonds is 3. The number of allylic oxidation sites excluding steroid dienone is 1. The number of aliphatic hydroxyl groups excluding tert-OH is 1. The summed E-state index contributed by atoms with van der Waals surface area (Å²) in [5.41, 5.74) is 0.671. The van der Waals surface area contributed by atoms with Crippen molar-refractivity contribution in [3.05, 3.63) is 41.7 Å². The second kappa shape index (κ2) is 5.11. The van der Waals surface area contributed by atoms with E-state index in [9.17, 15) is 9.90 Å². The van der Waals surface area contributed by atoms with Gasteiger partial charge in [-0.25, -0.2) is 0 Å². The van der Waals surface area contributed by atoms with Gasteiger partial charge in [0.05, 0.1) is 5.57 Å². The molecule has 0 aliphatic rings. The van der Waals surface area contributed by atoms with E-state index in [-0.39, 0.29) is 17.0 Å². The highest BCUT2D eigenvalue weighted by Gasteiger charge is 2.15.